The van der Waals surface area contributed by atoms with E-state index in [0.29, 0.717) is 13.1 Å². The molecule has 24 heavy (non-hydrogen) atoms. The molecule has 0 aromatic carbocycles. The summed E-state index contributed by atoms with van der Waals surface area (Å²) in [6.45, 7) is 9.12. The van der Waals surface area contributed by atoms with Crippen LogP contribution in [0.3, 0.4) is 0 Å². The van der Waals surface area contributed by atoms with Crippen LogP contribution in [0.2, 0.25) is 0 Å². The SMILES string of the molecule is CC(C)(C)OC(=O)N1CC[C@H](Nc2cc(N3CCCC3)ncn2)C1. The number of amides is 1. The van der Waals surface area contributed by atoms with Crippen molar-refractivity contribution < 1.29 is 9.53 Å². The highest BCUT2D eigenvalue weighted by molar-refractivity contribution is 5.68. The van der Waals surface area contributed by atoms with Crippen molar-refractivity contribution in [2.75, 3.05) is 36.4 Å². The highest BCUT2D eigenvalue weighted by atomic mass is 16.6. The van der Waals surface area contributed by atoms with E-state index in [2.05, 4.69) is 20.2 Å². The Hall–Kier alpha value is -2.05. The van der Waals surface area contributed by atoms with Gasteiger partial charge in [-0.15, -0.1) is 0 Å². The van der Waals surface area contributed by atoms with Crippen LogP contribution in [0.25, 0.3) is 0 Å². The minimum absolute atomic E-state index is 0.193. The van der Waals surface area contributed by atoms with Gasteiger partial charge in [-0.3, -0.25) is 0 Å². The number of hydrogen-bond acceptors (Lipinski definition) is 6. The Morgan fingerprint density at radius 2 is 2.00 bits per heavy atom. The zero-order chi connectivity index (χ0) is 17.2. The van der Waals surface area contributed by atoms with Gasteiger partial charge < -0.3 is 19.9 Å². The van der Waals surface area contributed by atoms with Gasteiger partial charge >= 0.3 is 6.09 Å². The number of hydrogen-bond donors (Lipinski definition) is 1. The van der Waals surface area contributed by atoms with Crippen molar-refractivity contribution in [1.82, 2.24) is 14.9 Å². The number of carbonyl (C=O) groups excluding carboxylic acids is 1. The average Bonchev–Trinajstić information content (AvgIpc) is 3.17. The van der Waals surface area contributed by atoms with Crippen LogP contribution in [-0.4, -0.2) is 58.8 Å². The Morgan fingerprint density at radius 3 is 2.71 bits per heavy atom. The van der Waals surface area contributed by atoms with Crippen molar-refractivity contribution in [3.8, 4) is 0 Å². The van der Waals surface area contributed by atoms with E-state index >= 15 is 0 Å². The van der Waals surface area contributed by atoms with E-state index < -0.39 is 5.60 Å². The average molecular weight is 333 g/mol. The molecule has 0 spiro atoms. The lowest BCUT2D eigenvalue weighted by atomic mass is 10.2. The van der Waals surface area contributed by atoms with E-state index in [9.17, 15) is 4.79 Å². The van der Waals surface area contributed by atoms with Crippen molar-refractivity contribution in [3.05, 3.63) is 12.4 Å². The summed E-state index contributed by atoms with van der Waals surface area (Å²) in [7, 11) is 0. The van der Waals surface area contributed by atoms with Crippen LogP contribution in [0, 0.1) is 0 Å². The van der Waals surface area contributed by atoms with E-state index in [0.717, 1.165) is 31.1 Å². The number of aromatic nitrogens is 2. The maximum atomic E-state index is 12.1. The lowest BCUT2D eigenvalue weighted by molar-refractivity contribution is 0.0293. The second-order valence-electron chi connectivity index (χ2n) is 7.51. The summed E-state index contributed by atoms with van der Waals surface area (Å²) >= 11 is 0. The third kappa shape index (κ3) is 4.27. The molecule has 2 saturated heterocycles. The van der Waals surface area contributed by atoms with Crippen LogP contribution in [0.5, 0.6) is 0 Å². The first-order valence-electron chi connectivity index (χ1n) is 8.72. The first-order chi connectivity index (χ1) is 11.4. The molecular formula is C17H27N5O2. The van der Waals surface area contributed by atoms with Gasteiger partial charge in [0.25, 0.3) is 0 Å². The van der Waals surface area contributed by atoms with E-state index in [-0.39, 0.29) is 12.1 Å². The molecule has 2 aliphatic rings. The van der Waals surface area contributed by atoms with Gasteiger partial charge in [0.2, 0.25) is 0 Å². The summed E-state index contributed by atoms with van der Waals surface area (Å²) in [4.78, 5) is 24.9. The van der Waals surface area contributed by atoms with E-state index in [4.69, 9.17) is 4.74 Å². The molecule has 132 valence electrons. The fourth-order valence-corrected chi connectivity index (χ4v) is 3.12. The lowest BCUT2D eigenvalue weighted by Gasteiger charge is -2.24. The van der Waals surface area contributed by atoms with Gasteiger partial charge in [-0.25, -0.2) is 14.8 Å². The molecule has 0 aliphatic carbocycles. The highest BCUT2D eigenvalue weighted by Gasteiger charge is 2.30. The molecule has 7 nitrogen and oxygen atoms in total. The van der Waals surface area contributed by atoms with Crippen molar-refractivity contribution in [1.29, 1.82) is 0 Å². The molecule has 1 atom stereocenters. The molecule has 0 unspecified atom stereocenters. The molecule has 2 fully saturated rings. The molecule has 3 rings (SSSR count). The molecule has 7 heteroatoms. The number of nitrogens with zero attached hydrogens (tertiary/aromatic N) is 4. The zero-order valence-corrected chi connectivity index (χ0v) is 14.8. The van der Waals surface area contributed by atoms with Gasteiger partial charge in [-0.2, -0.15) is 0 Å². The third-order valence-corrected chi connectivity index (χ3v) is 4.27. The Kier molecular flexibility index (Phi) is 4.78. The minimum atomic E-state index is -0.458. The first-order valence-corrected chi connectivity index (χ1v) is 8.72. The fourth-order valence-electron chi connectivity index (χ4n) is 3.12. The number of carbonyl (C=O) groups is 1. The predicted molar refractivity (Wildman–Crippen MR) is 93.3 cm³/mol. The Morgan fingerprint density at radius 1 is 1.25 bits per heavy atom. The van der Waals surface area contributed by atoms with Crippen LogP contribution in [0.4, 0.5) is 16.4 Å². The van der Waals surface area contributed by atoms with Gasteiger partial charge in [-0.1, -0.05) is 0 Å². The molecule has 2 aliphatic heterocycles. The van der Waals surface area contributed by atoms with Crippen LogP contribution in [0.1, 0.15) is 40.0 Å². The standard InChI is InChI=1S/C17H27N5O2/c1-17(2,3)24-16(23)22-9-6-13(11-22)20-14-10-15(19-12-18-14)21-7-4-5-8-21/h10,12-13H,4-9,11H2,1-3H3,(H,18,19,20)/t13-/m0/s1. The second-order valence-corrected chi connectivity index (χ2v) is 7.51. The monoisotopic (exact) mass is 333 g/mol. The molecule has 1 aromatic heterocycles. The maximum absolute atomic E-state index is 12.1. The van der Waals surface area contributed by atoms with Crippen LogP contribution in [-0.2, 0) is 4.74 Å². The highest BCUT2D eigenvalue weighted by Crippen LogP contribution is 2.22. The van der Waals surface area contributed by atoms with Crippen molar-refractivity contribution in [2.24, 2.45) is 0 Å². The Balaban J connectivity index is 1.55. The predicted octanol–water partition coefficient (Wildman–Crippen LogP) is 2.50. The summed E-state index contributed by atoms with van der Waals surface area (Å²) in [5.74, 6) is 1.80. The molecule has 1 amide bonds. The van der Waals surface area contributed by atoms with Gasteiger partial charge in [0, 0.05) is 38.3 Å². The lowest BCUT2D eigenvalue weighted by Crippen LogP contribution is -2.36. The minimum Gasteiger partial charge on any atom is -0.444 e. The van der Waals surface area contributed by atoms with Crippen LogP contribution >= 0.6 is 0 Å². The largest absolute Gasteiger partial charge is 0.444 e. The summed E-state index contributed by atoms with van der Waals surface area (Å²) in [5.41, 5.74) is -0.458. The molecule has 0 bridgehead atoms. The summed E-state index contributed by atoms with van der Waals surface area (Å²) in [6, 6.07) is 2.19. The quantitative estimate of drug-likeness (QED) is 0.916. The van der Waals surface area contributed by atoms with E-state index in [1.54, 1.807) is 11.2 Å². The third-order valence-electron chi connectivity index (χ3n) is 4.27. The van der Waals surface area contributed by atoms with E-state index in [1.807, 2.05) is 26.8 Å². The topological polar surface area (TPSA) is 70.6 Å². The smallest absolute Gasteiger partial charge is 0.410 e. The summed E-state index contributed by atoms with van der Waals surface area (Å²) in [6.07, 6.45) is 4.70. The Bertz CT molecular complexity index is 581. The number of anilines is 2. The van der Waals surface area contributed by atoms with Gasteiger partial charge in [0.15, 0.2) is 0 Å². The van der Waals surface area contributed by atoms with Crippen LogP contribution < -0.4 is 10.2 Å². The van der Waals surface area contributed by atoms with Gasteiger partial charge in [0.05, 0.1) is 0 Å². The van der Waals surface area contributed by atoms with Crippen molar-refractivity contribution >= 4 is 17.7 Å². The Labute approximate surface area is 143 Å². The van der Waals surface area contributed by atoms with Crippen molar-refractivity contribution in [3.63, 3.8) is 0 Å². The molecule has 0 saturated carbocycles. The molecular weight excluding hydrogens is 306 g/mol. The van der Waals surface area contributed by atoms with E-state index in [1.165, 1.54) is 12.8 Å². The molecule has 1 aromatic rings. The van der Waals surface area contributed by atoms with Gasteiger partial charge in [-0.05, 0) is 40.0 Å². The fraction of sp³-hybridized carbons (Fsp3) is 0.706. The summed E-state index contributed by atoms with van der Waals surface area (Å²) < 4.78 is 5.43. The molecule has 3 heterocycles. The van der Waals surface area contributed by atoms with Gasteiger partial charge in [0.1, 0.15) is 23.6 Å². The number of rotatable bonds is 3. The first kappa shape index (κ1) is 16.8. The van der Waals surface area contributed by atoms with Crippen molar-refractivity contribution in [2.45, 2.75) is 51.7 Å². The number of ether oxygens (including phenoxy) is 1. The molecule has 1 N–H and O–H groups in total. The number of likely N-dealkylation sites (tertiary alicyclic amines) is 1. The number of nitrogens with one attached hydrogen (secondary N) is 1. The molecule has 0 radical (unpaired) electrons. The maximum Gasteiger partial charge on any atom is 0.410 e. The second kappa shape index (κ2) is 6.83. The van der Waals surface area contributed by atoms with Crippen LogP contribution in [0.15, 0.2) is 12.4 Å². The normalized spacial score (nSPS) is 21.2. The zero-order valence-electron chi connectivity index (χ0n) is 14.8. The summed E-state index contributed by atoms with van der Waals surface area (Å²) in [5, 5.41) is 3.43.